The Morgan fingerprint density at radius 2 is 1.69 bits per heavy atom. The third kappa shape index (κ3) is 5.55. The lowest BCUT2D eigenvalue weighted by Gasteiger charge is -2.16. The van der Waals surface area contributed by atoms with E-state index < -0.39 is 5.25 Å². The summed E-state index contributed by atoms with van der Waals surface area (Å²) >= 11 is 10.5. The number of halogens is 2. The number of hydrogen-bond donors (Lipinski definition) is 0. The maximum absolute atomic E-state index is 13.0. The fourth-order valence-electron chi connectivity index (χ4n) is 3.44. The van der Waals surface area contributed by atoms with Crippen molar-refractivity contribution in [2.45, 2.75) is 31.7 Å². The van der Waals surface area contributed by atoms with Gasteiger partial charge in [0, 0.05) is 9.50 Å². The summed E-state index contributed by atoms with van der Waals surface area (Å²) in [6.45, 7) is 2.72. The van der Waals surface area contributed by atoms with Crippen molar-refractivity contribution in [1.82, 2.24) is 4.90 Å². The molecule has 1 saturated heterocycles. The van der Waals surface area contributed by atoms with Gasteiger partial charge in [-0.05, 0) is 60.4 Å². The lowest BCUT2D eigenvalue weighted by Crippen LogP contribution is -2.31. The molecule has 0 spiro atoms. The van der Waals surface area contributed by atoms with Gasteiger partial charge in [-0.3, -0.25) is 14.5 Å². The molecule has 1 aliphatic heterocycles. The van der Waals surface area contributed by atoms with E-state index in [2.05, 4.69) is 28.1 Å². The van der Waals surface area contributed by atoms with E-state index in [4.69, 9.17) is 16.3 Å². The summed E-state index contributed by atoms with van der Waals surface area (Å²) in [5, 5.41) is -0.0919. The Balaban J connectivity index is 1.46. The van der Waals surface area contributed by atoms with Crippen LogP contribution in [0.15, 0.2) is 71.2 Å². The van der Waals surface area contributed by atoms with Gasteiger partial charge in [0.1, 0.15) is 12.4 Å². The van der Waals surface area contributed by atoms with Crippen LogP contribution in [-0.4, -0.2) is 21.3 Å². The summed E-state index contributed by atoms with van der Waals surface area (Å²) < 4.78 is 6.97. The molecule has 1 fully saturated rings. The van der Waals surface area contributed by atoms with E-state index in [-0.39, 0.29) is 17.7 Å². The molecule has 3 aromatic rings. The topological polar surface area (TPSA) is 46.6 Å². The van der Waals surface area contributed by atoms with Crippen LogP contribution < -0.4 is 4.74 Å². The van der Waals surface area contributed by atoms with E-state index in [1.807, 2.05) is 49.4 Å². The number of nitrogens with zero attached hydrogens (tertiary/aromatic N) is 1. The molecule has 1 heterocycles. The van der Waals surface area contributed by atoms with Gasteiger partial charge in [0.05, 0.1) is 11.8 Å². The highest BCUT2D eigenvalue weighted by Gasteiger charge is 2.39. The zero-order valence-electron chi connectivity index (χ0n) is 17.4. The summed E-state index contributed by atoms with van der Waals surface area (Å²) in [6.07, 6.45) is 0.412. The standard InChI is InChI=1S/C25H21BrClNO3S/c1-16-2-4-18(5-3-16)15-31-22-11-8-20(26)12-19(22)13-23-24(29)28(25(30)32-23)14-17-6-9-21(27)10-7-17/h2-12,23H,13-15H2,1H3/t23-/m0/s1. The normalized spacial score (nSPS) is 16.0. The van der Waals surface area contributed by atoms with Crippen molar-refractivity contribution >= 4 is 50.4 Å². The van der Waals surface area contributed by atoms with Gasteiger partial charge >= 0.3 is 0 Å². The quantitative estimate of drug-likeness (QED) is 0.337. The first-order valence-corrected chi connectivity index (χ1v) is 12.2. The molecule has 7 heteroatoms. The first kappa shape index (κ1) is 22.9. The van der Waals surface area contributed by atoms with Gasteiger partial charge in [0.25, 0.3) is 5.24 Å². The summed E-state index contributed by atoms with van der Waals surface area (Å²) in [4.78, 5) is 26.9. The summed E-state index contributed by atoms with van der Waals surface area (Å²) in [5.41, 5.74) is 4.02. The minimum atomic E-state index is -0.481. The molecule has 0 aliphatic carbocycles. The first-order valence-electron chi connectivity index (χ1n) is 10.1. The molecule has 3 aromatic carbocycles. The van der Waals surface area contributed by atoms with Crippen LogP contribution in [0.1, 0.15) is 22.3 Å². The molecule has 0 N–H and O–H groups in total. The molecule has 2 amide bonds. The number of thioether (sulfide) groups is 1. The number of amides is 2. The molecule has 0 saturated carbocycles. The average molecular weight is 531 g/mol. The minimum absolute atomic E-state index is 0.181. The second-order valence-electron chi connectivity index (χ2n) is 7.65. The van der Waals surface area contributed by atoms with Crippen LogP contribution in [0.5, 0.6) is 5.75 Å². The van der Waals surface area contributed by atoms with Gasteiger partial charge in [0.15, 0.2) is 0 Å². The van der Waals surface area contributed by atoms with Crippen molar-refractivity contribution in [1.29, 1.82) is 0 Å². The first-order chi connectivity index (χ1) is 15.4. The van der Waals surface area contributed by atoms with Crippen LogP contribution in [0, 0.1) is 6.92 Å². The number of carbonyl (C=O) groups is 2. The Morgan fingerprint density at radius 1 is 1.00 bits per heavy atom. The number of benzene rings is 3. The van der Waals surface area contributed by atoms with Gasteiger partial charge in [-0.2, -0.15) is 0 Å². The molecule has 1 atom stereocenters. The van der Waals surface area contributed by atoms with Gasteiger partial charge in [-0.1, -0.05) is 81.3 Å². The molecule has 0 unspecified atom stereocenters. The van der Waals surface area contributed by atoms with E-state index in [0.717, 1.165) is 32.9 Å². The third-order valence-electron chi connectivity index (χ3n) is 5.20. The summed E-state index contributed by atoms with van der Waals surface area (Å²) in [6, 6.07) is 21.1. The van der Waals surface area contributed by atoms with Gasteiger partial charge < -0.3 is 4.74 Å². The Kier molecular flexibility index (Phi) is 7.23. The maximum Gasteiger partial charge on any atom is 0.289 e. The van der Waals surface area contributed by atoms with Crippen molar-refractivity contribution in [3.8, 4) is 5.75 Å². The lowest BCUT2D eigenvalue weighted by molar-refractivity contribution is -0.127. The summed E-state index contributed by atoms with van der Waals surface area (Å²) in [7, 11) is 0. The molecular formula is C25H21BrClNO3S. The molecule has 0 aromatic heterocycles. The molecule has 0 radical (unpaired) electrons. The number of imide groups is 1. The molecule has 32 heavy (non-hydrogen) atoms. The fourth-order valence-corrected chi connectivity index (χ4v) is 4.99. The molecule has 4 nitrogen and oxygen atoms in total. The molecule has 164 valence electrons. The largest absolute Gasteiger partial charge is 0.489 e. The number of hydrogen-bond acceptors (Lipinski definition) is 4. The van der Waals surface area contributed by atoms with Crippen molar-refractivity contribution in [3.63, 3.8) is 0 Å². The van der Waals surface area contributed by atoms with Crippen LogP contribution in [0.2, 0.25) is 5.02 Å². The van der Waals surface area contributed by atoms with Crippen LogP contribution in [0.25, 0.3) is 0 Å². The Hall–Kier alpha value is -2.28. The van der Waals surface area contributed by atoms with Crippen molar-refractivity contribution in [2.24, 2.45) is 0 Å². The Morgan fingerprint density at radius 3 is 2.41 bits per heavy atom. The molecule has 4 rings (SSSR count). The highest BCUT2D eigenvalue weighted by molar-refractivity contribution is 9.10. The second-order valence-corrected chi connectivity index (χ2v) is 10.2. The third-order valence-corrected chi connectivity index (χ3v) is 7.02. The SMILES string of the molecule is Cc1ccc(COc2ccc(Br)cc2C[C@@H]2SC(=O)N(Cc3ccc(Cl)cc3)C2=O)cc1. The predicted octanol–water partition coefficient (Wildman–Crippen LogP) is 6.80. The highest BCUT2D eigenvalue weighted by Crippen LogP contribution is 2.34. The van der Waals surface area contributed by atoms with Crippen LogP contribution in [0.3, 0.4) is 0 Å². The van der Waals surface area contributed by atoms with E-state index in [1.54, 1.807) is 12.1 Å². The Labute approximate surface area is 205 Å². The van der Waals surface area contributed by atoms with Crippen LogP contribution >= 0.6 is 39.3 Å². The maximum atomic E-state index is 13.0. The van der Waals surface area contributed by atoms with Crippen LogP contribution in [0.4, 0.5) is 4.79 Å². The van der Waals surface area contributed by atoms with Crippen LogP contribution in [-0.2, 0) is 24.4 Å². The molecule has 0 bridgehead atoms. The van der Waals surface area contributed by atoms with Crippen molar-refractivity contribution in [2.75, 3.05) is 0 Å². The molecule has 1 aliphatic rings. The van der Waals surface area contributed by atoms with Gasteiger partial charge in [0.2, 0.25) is 5.91 Å². The zero-order valence-corrected chi connectivity index (χ0v) is 20.5. The monoisotopic (exact) mass is 529 g/mol. The number of aryl methyl sites for hydroxylation is 1. The highest BCUT2D eigenvalue weighted by atomic mass is 79.9. The molecular weight excluding hydrogens is 510 g/mol. The fraction of sp³-hybridized carbons (Fsp3) is 0.200. The van der Waals surface area contributed by atoms with Crippen molar-refractivity contribution in [3.05, 3.63) is 98.5 Å². The summed E-state index contributed by atoms with van der Waals surface area (Å²) in [5.74, 6) is 0.533. The van der Waals surface area contributed by atoms with E-state index in [1.165, 1.54) is 10.5 Å². The van der Waals surface area contributed by atoms with Gasteiger partial charge in [-0.15, -0.1) is 0 Å². The number of carbonyl (C=O) groups excluding carboxylic acids is 2. The number of rotatable bonds is 7. The lowest BCUT2D eigenvalue weighted by atomic mass is 10.1. The van der Waals surface area contributed by atoms with Crippen molar-refractivity contribution < 1.29 is 14.3 Å². The second kappa shape index (κ2) is 10.1. The predicted molar refractivity (Wildman–Crippen MR) is 132 cm³/mol. The average Bonchev–Trinajstić information content (AvgIpc) is 3.03. The van der Waals surface area contributed by atoms with E-state index in [9.17, 15) is 9.59 Å². The number of ether oxygens (including phenoxy) is 1. The zero-order chi connectivity index (χ0) is 22.7. The van der Waals surface area contributed by atoms with Gasteiger partial charge in [-0.25, -0.2) is 0 Å². The minimum Gasteiger partial charge on any atom is -0.489 e. The smallest absolute Gasteiger partial charge is 0.289 e. The van der Waals surface area contributed by atoms with E-state index >= 15 is 0 Å². The Bertz CT molecular complexity index is 1130. The van der Waals surface area contributed by atoms with E-state index in [0.29, 0.717) is 23.8 Å².